The van der Waals surface area contributed by atoms with Crippen molar-refractivity contribution in [3.05, 3.63) is 23.8 Å². The molecule has 0 aromatic heterocycles. The third kappa shape index (κ3) is 5.69. The van der Waals surface area contributed by atoms with Gasteiger partial charge < -0.3 is 15.4 Å². The van der Waals surface area contributed by atoms with Crippen LogP contribution in [0.15, 0.2) is 23.1 Å². The third-order valence-electron chi connectivity index (χ3n) is 4.41. The maximum Gasteiger partial charge on any atom is 0.251 e. The van der Waals surface area contributed by atoms with Crippen molar-refractivity contribution < 1.29 is 17.9 Å². The summed E-state index contributed by atoms with van der Waals surface area (Å²) in [6.45, 7) is 4.12. The van der Waals surface area contributed by atoms with Crippen LogP contribution in [0.1, 0.15) is 49.4 Å². The average molecular weight is 384 g/mol. The Kier molecular flexibility index (Phi) is 7.86. The molecule has 0 unspecified atom stereocenters. The van der Waals surface area contributed by atoms with E-state index in [4.69, 9.17) is 4.74 Å². The van der Waals surface area contributed by atoms with E-state index >= 15 is 0 Å². The lowest BCUT2D eigenvalue weighted by Crippen LogP contribution is -2.34. The Labute approximate surface area is 155 Å². The molecule has 3 N–H and O–H groups in total. The van der Waals surface area contributed by atoms with Gasteiger partial charge in [-0.1, -0.05) is 19.8 Å². The molecule has 0 heterocycles. The molecule has 1 aliphatic rings. The van der Waals surface area contributed by atoms with Crippen LogP contribution in [0.3, 0.4) is 0 Å². The lowest BCUT2D eigenvalue weighted by Gasteiger charge is -2.16. The first-order valence-corrected chi connectivity index (χ1v) is 10.7. The van der Waals surface area contributed by atoms with Gasteiger partial charge in [-0.3, -0.25) is 4.79 Å². The molecule has 1 aliphatic carbocycles. The second-order valence-electron chi connectivity index (χ2n) is 6.47. The van der Waals surface area contributed by atoms with E-state index < -0.39 is 10.0 Å². The van der Waals surface area contributed by atoms with Gasteiger partial charge in [0.2, 0.25) is 10.0 Å². The molecule has 1 amide bonds. The summed E-state index contributed by atoms with van der Waals surface area (Å²) in [5, 5.41) is 5.99. The highest BCUT2D eigenvalue weighted by Crippen LogP contribution is 2.27. The standard InChI is InChI=1S/C18H29N3O4S/c1-3-10-19-11-12-20-18(22)14-8-9-16(25-2)17(13-14)26(23,24)21-15-6-4-5-7-15/h8-9,13,15,19,21H,3-7,10-12H2,1-2H3,(H,20,22). The molecule has 1 aromatic rings. The Morgan fingerprint density at radius 2 is 1.92 bits per heavy atom. The van der Waals surface area contributed by atoms with Gasteiger partial charge in [0.25, 0.3) is 5.91 Å². The number of carbonyl (C=O) groups is 1. The van der Waals surface area contributed by atoms with Crippen molar-refractivity contribution in [1.82, 2.24) is 15.4 Å². The van der Waals surface area contributed by atoms with Gasteiger partial charge >= 0.3 is 0 Å². The van der Waals surface area contributed by atoms with Gasteiger partial charge in [-0.2, -0.15) is 0 Å². The summed E-state index contributed by atoms with van der Waals surface area (Å²) >= 11 is 0. The first-order chi connectivity index (χ1) is 12.5. The summed E-state index contributed by atoms with van der Waals surface area (Å²) in [5.74, 6) is -0.0695. The molecule has 7 nitrogen and oxygen atoms in total. The van der Waals surface area contributed by atoms with E-state index in [2.05, 4.69) is 22.3 Å². The highest BCUT2D eigenvalue weighted by Gasteiger charge is 2.26. The molecule has 26 heavy (non-hydrogen) atoms. The minimum absolute atomic E-state index is 0.00339. The van der Waals surface area contributed by atoms with Crippen molar-refractivity contribution in [2.75, 3.05) is 26.7 Å². The van der Waals surface area contributed by atoms with Gasteiger partial charge in [0, 0.05) is 24.7 Å². The molecule has 0 saturated heterocycles. The highest BCUT2D eigenvalue weighted by atomic mass is 32.2. The first-order valence-electron chi connectivity index (χ1n) is 9.17. The van der Waals surface area contributed by atoms with E-state index in [1.807, 2.05) is 0 Å². The molecule has 0 radical (unpaired) electrons. The largest absolute Gasteiger partial charge is 0.495 e. The number of methoxy groups -OCH3 is 1. The number of rotatable bonds is 10. The lowest BCUT2D eigenvalue weighted by molar-refractivity contribution is 0.0953. The van der Waals surface area contributed by atoms with E-state index in [9.17, 15) is 13.2 Å². The smallest absolute Gasteiger partial charge is 0.251 e. The molecule has 146 valence electrons. The number of benzene rings is 1. The summed E-state index contributed by atoms with van der Waals surface area (Å²) in [6.07, 6.45) is 4.76. The summed E-state index contributed by atoms with van der Waals surface area (Å²) in [7, 11) is -2.32. The summed E-state index contributed by atoms with van der Waals surface area (Å²) in [5.41, 5.74) is 0.299. The molecule has 1 aromatic carbocycles. The van der Waals surface area contributed by atoms with Crippen LogP contribution < -0.4 is 20.1 Å². The molecule has 0 aliphatic heterocycles. The zero-order valence-electron chi connectivity index (χ0n) is 15.5. The zero-order chi connectivity index (χ0) is 19.0. The predicted molar refractivity (Wildman–Crippen MR) is 101 cm³/mol. The summed E-state index contributed by atoms with van der Waals surface area (Å²) in [6, 6.07) is 4.42. The fourth-order valence-electron chi connectivity index (χ4n) is 3.02. The lowest BCUT2D eigenvalue weighted by atomic mass is 10.2. The number of hydrogen-bond donors (Lipinski definition) is 3. The van der Waals surface area contributed by atoms with Crippen molar-refractivity contribution in [1.29, 1.82) is 0 Å². The Hall–Kier alpha value is -1.64. The highest BCUT2D eigenvalue weighted by molar-refractivity contribution is 7.89. The van der Waals surface area contributed by atoms with Crippen molar-refractivity contribution in [3.8, 4) is 5.75 Å². The van der Waals surface area contributed by atoms with Crippen molar-refractivity contribution >= 4 is 15.9 Å². The van der Waals surface area contributed by atoms with Crippen LogP contribution in [0.4, 0.5) is 0 Å². The monoisotopic (exact) mass is 383 g/mol. The normalized spacial score (nSPS) is 15.2. The molecule has 1 fully saturated rings. The van der Waals surface area contributed by atoms with E-state index in [-0.39, 0.29) is 22.6 Å². The first kappa shape index (κ1) is 20.7. The Bertz CT molecular complexity index is 700. The van der Waals surface area contributed by atoms with E-state index in [0.29, 0.717) is 18.7 Å². The van der Waals surface area contributed by atoms with Crippen LogP contribution in [0.5, 0.6) is 5.75 Å². The predicted octanol–water partition coefficient (Wildman–Crippen LogP) is 1.65. The van der Waals surface area contributed by atoms with E-state index in [0.717, 1.165) is 38.6 Å². The number of amides is 1. The Morgan fingerprint density at radius 3 is 2.58 bits per heavy atom. The fourth-order valence-corrected chi connectivity index (χ4v) is 4.52. The number of ether oxygens (including phenoxy) is 1. The zero-order valence-corrected chi connectivity index (χ0v) is 16.3. The number of nitrogens with one attached hydrogen (secondary N) is 3. The van der Waals surface area contributed by atoms with E-state index in [1.54, 1.807) is 6.07 Å². The maximum atomic E-state index is 12.7. The minimum Gasteiger partial charge on any atom is -0.495 e. The molecular formula is C18H29N3O4S. The second-order valence-corrected chi connectivity index (χ2v) is 8.16. The number of carbonyl (C=O) groups excluding carboxylic acids is 1. The summed E-state index contributed by atoms with van der Waals surface area (Å²) in [4.78, 5) is 12.3. The van der Waals surface area contributed by atoms with Crippen molar-refractivity contribution in [2.45, 2.75) is 50.0 Å². The van der Waals surface area contributed by atoms with Crippen molar-refractivity contribution in [2.24, 2.45) is 0 Å². The SMILES string of the molecule is CCCNCCNC(=O)c1ccc(OC)c(S(=O)(=O)NC2CCCC2)c1. The van der Waals surface area contributed by atoms with Crippen LogP contribution in [0.25, 0.3) is 0 Å². The van der Waals surface area contributed by atoms with Crippen LogP contribution in [-0.2, 0) is 10.0 Å². The quantitative estimate of drug-likeness (QED) is 0.534. The molecule has 0 bridgehead atoms. The molecule has 2 rings (SSSR count). The number of sulfonamides is 1. The van der Waals surface area contributed by atoms with Crippen LogP contribution in [-0.4, -0.2) is 47.1 Å². The third-order valence-corrected chi connectivity index (χ3v) is 5.95. The van der Waals surface area contributed by atoms with Gasteiger partial charge in [0.15, 0.2) is 0 Å². The molecule has 8 heteroatoms. The molecule has 0 atom stereocenters. The molecular weight excluding hydrogens is 354 g/mol. The van der Waals surface area contributed by atoms with Crippen LogP contribution in [0, 0.1) is 0 Å². The van der Waals surface area contributed by atoms with Crippen molar-refractivity contribution in [3.63, 3.8) is 0 Å². The van der Waals surface area contributed by atoms with Gasteiger partial charge in [0.1, 0.15) is 10.6 Å². The minimum atomic E-state index is -3.74. The summed E-state index contributed by atoms with van der Waals surface area (Å²) < 4.78 is 33.4. The molecule has 0 spiro atoms. The second kappa shape index (κ2) is 9.89. The van der Waals surface area contributed by atoms with Crippen LogP contribution in [0.2, 0.25) is 0 Å². The average Bonchev–Trinajstić information content (AvgIpc) is 3.13. The fraction of sp³-hybridized carbons (Fsp3) is 0.611. The Balaban J connectivity index is 2.10. The van der Waals surface area contributed by atoms with Gasteiger partial charge in [0.05, 0.1) is 7.11 Å². The van der Waals surface area contributed by atoms with Gasteiger partial charge in [-0.25, -0.2) is 13.1 Å². The topological polar surface area (TPSA) is 96.5 Å². The molecule has 1 saturated carbocycles. The van der Waals surface area contributed by atoms with Gasteiger partial charge in [-0.15, -0.1) is 0 Å². The number of hydrogen-bond acceptors (Lipinski definition) is 5. The maximum absolute atomic E-state index is 12.7. The van der Waals surface area contributed by atoms with Crippen LogP contribution >= 0.6 is 0 Å². The van der Waals surface area contributed by atoms with E-state index in [1.165, 1.54) is 19.2 Å². The van der Waals surface area contributed by atoms with Gasteiger partial charge in [-0.05, 0) is 44.0 Å². The Morgan fingerprint density at radius 1 is 1.19 bits per heavy atom.